The van der Waals surface area contributed by atoms with Gasteiger partial charge in [-0.3, -0.25) is 0 Å². The maximum absolute atomic E-state index is 9.35. The summed E-state index contributed by atoms with van der Waals surface area (Å²) in [6.45, 7) is 6.71. The zero-order valence-electron chi connectivity index (χ0n) is 9.14. The highest BCUT2D eigenvalue weighted by molar-refractivity contribution is 4.84. The molecule has 0 atom stereocenters. The van der Waals surface area contributed by atoms with Crippen LogP contribution in [-0.4, -0.2) is 22.8 Å². The molecule has 1 aliphatic carbocycles. The standard InChI is InChI=1S/C11H23NO/c1-4-11(2,3)12-9-5-7-10(13)8-6-9/h9-10,12-13H,4-8H2,1-3H3/t9-,10+. The quantitative estimate of drug-likeness (QED) is 0.705. The molecule has 0 aromatic rings. The van der Waals surface area contributed by atoms with E-state index in [2.05, 4.69) is 26.1 Å². The molecule has 1 fully saturated rings. The molecule has 0 amide bonds. The van der Waals surface area contributed by atoms with Gasteiger partial charge in [0, 0.05) is 11.6 Å². The van der Waals surface area contributed by atoms with Crippen LogP contribution in [0.1, 0.15) is 52.9 Å². The Kier molecular flexibility index (Phi) is 3.74. The predicted octanol–water partition coefficient (Wildman–Crippen LogP) is 2.07. The molecular weight excluding hydrogens is 162 g/mol. The predicted molar refractivity (Wildman–Crippen MR) is 55.8 cm³/mol. The number of aliphatic hydroxyl groups excluding tert-OH is 1. The highest BCUT2D eigenvalue weighted by Gasteiger charge is 2.24. The van der Waals surface area contributed by atoms with Crippen LogP contribution < -0.4 is 5.32 Å². The van der Waals surface area contributed by atoms with Crippen molar-refractivity contribution in [3.05, 3.63) is 0 Å². The summed E-state index contributed by atoms with van der Waals surface area (Å²) >= 11 is 0. The van der Waals surface area contributed by atoms with Crippen LogP contribution >= 0.6 is 0 Å². The second kappa shape index (κ2) is 4.43. The number of hydrogen-bond donors (Lipinski definition) is 2. The molecule has 0 spiro atoms. The summed E-state index contributed by atoms with van der Waals surface area (Å²) in [6, 6.07) is 0.623. The Balaban J connectivity index is 2.30. The summed E-state index contributed by atoms with van der Waals surface area (Å²) in [5.74, 6) is 0. The molecule has 0 saturated heterocycles. The van der Waals surface area contributed by atoms with Crippen LogP contribution in [0.5, 0.6) is 0 Å². The Morgan fingerprint density at radius 1 is 1.23 bits per heavy atom. The molecule has 78 valence electrons. The van der Waals surface area contributed by atoms with Crippen molar-refractivity contribution in [1.29, 1.82) is 0 Å². The van der Waals surface area contributed by atoms with Crippen LogP contribution in [0.25, 0.3) is 0 Å². The van der Waals surface area contributed by atoms with E-state index in [1.807, 2.05) is 0 Å². The van der Waals surface area contributed by atoms with E-state index in [4.69, 9.17) is 0 Å². The van der Waals surface area contributed by atoms with Crippen LogP contribution in [0.4, 0.5) is 0 Å². The Labute approximate surface area is 81.7 Å². The van der Waals surface area contributed by atoms with Crippen LogP contribution in [0, 0.1) is 0 Å². The van der Waals surface area contributed by atoms with Gasteiger partial charge in [-0.05, 0) is 46.0 Å². The normalized spacial score (nSPS) is 30.5. The molecule has 2 N–H and O–H groups in total. The van der Waals surface area contributed by atoms with Gasteiger partial charge in [-0.25, -0.2) is 0 Å². The van der Waals surface area contributed by atoms with Crippen molar-refractivity contribution in [3.8, 4) is 0 Å². The number of nitrogens with one attached hydrogen (secondary N) is 1. The third-order valence-corrected chi connectivity index (χ3v) is 3.18. The van der Waals surface area contributed by atoms with Gasteiger partial charge in [-0.2, -0.15) is 0 Å². The SMILES string of the molecule is CCC(C)(C)N[C@H]1CC[C@@H](O)CC1. The third kappa shape index (κ3) is 3.65. The van der Waals surface area contributed by atoms with E-state index in [0.29, 0.717) is 6.04 Å². The Bertz CT molecular complexity index is 148. The molecule has 0 bridgehead atoms. The maximum atomic E-state index is 9.35. The monoisotopic (exact) mass is 185 g/mol. The fourth-order valence-corrected chi connectivity index (χ4v) is 1.87. The lowest BCUT2D eigenvalue weighted by atomic mass is 9.90. The van der Waals surface area contributed by atoms with Gasteiger partial charge in [-0.1, -0.05) is 6.92 Å². The topological polar surface area (TPSA) is 32.3 Å². The van der Waals surface area contributed by atoms with Crippen molar-refractivity contribution >= 4 is 0 Å². The van der Waals surface area contributed by atoms with Crippen molar-refractivity contribution in [2.24, 2.45) is 0 Å². The summed E-state index contributed by atoms with van der Waals surface area (Å²) in [5.41, 5.74) is 0.257. The molecule has 0 heterocycles. The summed E-state index contributed by atoms with van der Waals surface area (Å²) in [6.07, 6.45) is 5.32. The first-order valence-corrected chi connectivity index (χ1v) is 5.49. The van der Waals surface area contributed by atoms with Gasteiger partial charge in [0.25, 0.3) is 0 Å². The number of rotatable bonds is 3. The summed E-state index contributed by atoms with van der Waals surface area (Å²) in [4.78, 5) is 0. The van der Waals surface area contributed by atoms with Gasteiger partial charge in [0.1, 0.15) is 0 Å². The zero-order chi connectivity index (χ0) is 9.90. The second-order valence-corrected chi connectivity index (χ2v) is 4.89. The van der Waals surface area contributed by atoms with E-state index in [-0.39, 0.29) is 11.6 Å². The Hall–Kier alpha value is -0.0800. The molecule has 0 radical (unpaired) electrons. The lowest BCUT2D eigenvalue weighted by molar-refractivity contribution is 0.109. The molecule has 1 rings (SSSR count). The largest absolute Gasteiger partial charge is 0.393 e. The van der Waals surface area contributed by atoms with E-state index in [0.717, 1.165) is 32.1 Å². The molecule has 1 aliphatic rings. The first-order chi connectivity index (χ1) is 6.03. The van der Waals surface area contributed by atoms with E-state index in [1.54, 1.807) is 0 Å². The van der Waals surface area contributed by atoms with Crippen LogP contribution in [0.3, 0.4) is 0 Å². The van der Waals surface area contributed by atoms with E-state index in [9.17, 15) is 5.11 Å². The van der Waals surface area contributed by atoms with Crippen LogP contribution in [0.15, 0.2) is 0 Å². The van der Waals surface area contributed by atoms with E-state index < -0.39 is 0 Å². The lowest BCUT2D eigenvalue weighted by Crippen LogP contribution is -2.47. The second-order valence-electron chi connectivity index (χ2n) is 4.89. The van der Waals surface area contributed by atoms with Crippen molar-refractivity contribution in [3.63, 3.8) is 0 Å². The van der Waals surface area contributed by atoms with Crippen molar-refractivity contribution in [1.82, 2.24) is 5.32 Å². The van der Waals surface area contributed by atoms with Crippen molar-refractivity contribution in [2.45, 2.75) is 70.6 Å². The van der Waals surface area contributed by atoms with Crippen molar-refractivity contribution < 1.29 is 5.11 Å². The average molecular weight is 185 g/mol. The molecule has 2 heteroatoms. The highest BCUT2D eigenvalue weighted by atomic mass is 16.3. The minimum absolute atomic E-state index is 0.0391. The van der Waals surface area contributed by atoms with Gasteiger partial charge in [0.15, 0.2) is 0 Å². The molecule has 0 aromatic heterocycles. The highest BCUT2D eigenvalue weighted by Crippen LogP contribution is 2.21. The van der Waals surface area contributed by atoms with Gasteiger partial charge < -0.3 is 10.4 Å². The molecule has 2 nitrogen and oxygen atoms in total. The van der Waals surface area contributed by atoms with Crippen LogP contribution in [0.2, 0.25) is 0 Å². The Morgan fingerprint density at radius 2 is 1.77 bits per heavy atom. The summed E-state index contributed by atoms with van der Waals surface area (Å²) in [7, 11) is 0. The molecule has 13 heavy (non-hydrogen) atoms. The van der Waals surface area contributed by atoms with Gasteiger partial charge in [-0.15, -0.1) is 0 Å². The first kappa shape index (κ1) is 11.0. The fraction of sp³-hybridized carbons (Fsp3) is 1.00. The van der Waals surface area contributed by atoms with E-state index >= 15 is 0 Å². The smallest absolute Gasteiger partial charge is 0.0541 e. The summed E-state index contributed by atoms with van der Waals surface area (Å²) in [5, 5.41) is 13.0. The average Bonchev–Trinajstić information content (AvgIpc) is 2.09. The van der Waals surface area contributed by atoms with Crippen molar-refractivity contribution in [2.75, 3.05) is 0 Å². The number of hydrogen-bond acceptors (Lipinski definition) is 2. The van der Waals surface area contributed by atoms with Gasteiger partial charge >= 0.3 is 0 Å². The van der Waals surface area contributed by atoms with Gasteiger partial charge in [0.2, 0.25) is 0 Å². The summed E-state index contributed by atoms with van der Waals surface area (Å²) < 4.78 is 0. The minimum Gasteiger partial charge on any atom is -0.393 e. The molecule has 1 saturated carbocycles. The van der Waals surface area contributed by atoms with E-state index in [1.165, 1.54) is 0 Å². The lowest BCUT2D eigenvalue weighted by Gasteiger charge is -2.34. The molecule has 0 aliphatic heterocycles. The Morgan fingerprint density at radius 3 is 2.23 bits per heavy atom. The maximum Gasteiger partial charge on any atom is 0.0541 e. The first-order valence-electron chi connectivity index (χ1n) is 5.49. The van der Waals surface area contributed by atoms with Crippen LogP contribution in [-0.2, 0) is 0 Å². The molecule has 0 unspecified atom stereocenters. The minimum atomic E-state index is -0.0391. The van der Waals surface area contributed by atoms with Gasteiger partial charge in [0.05, 0.1) is 6.10 Å². The fourth-order valence-electron chi connectivity index (χ4n) is 1.87. The third-order valence-electron chi connectivity index (χ3n) is 3.18. The molecule has 0 aromatic carbocycles. The molecular formula is C11H23NO. The number of aliphatic hydroxyl groups is 1. The zero-order valence-corrected chi connectivity index (χ0v) is 9.14.